The van der Waals surface area contributed by atoms with Crippen molar-refractivity contribution in [2.24, 2.45) is 0 Å². The number of hydrogen-bond acceptors (Lipinski definition) is 6. The minimum Gasteiger partial charge on any atom is -0.507 e. The first kappa shape index (κ1) is 19.8. The summed E-state index contributed by atoms with van der Waals surface area (Å²) in [5.41, 5.74) is 3.57. The SMILES string of the molecule is CCOC(=O)c1nn(Cc2ccc(C=O)cc2)c(C)c1-c1ccc(C#N)c(O)c1. The van der Waals surface area contributed by atoms with Gasteiger partial charge < -0.3 is 9.84 Å². The van der Waals surface area contributed by atoms with Crippen molar-refractivity contribution in [3.63, 3.8) is 0 Å². The number of phenolic OH excluding ortho intramolecular Hbond substituents is 1. The summed E-state index contributed by atoms with van der Waals surface area (Å²) in [5.74, 6) is -0.735. The fraction of sp³-hybridized carbons (Fsp3) is 0.182. The van der Waals surface area contributed by atoms with E-state index in [0.29, 0.717) is 28.9 Å². The number of aromatic hydroxyl groups is 1. The van der Waals surface area contributed by atoms with Gasteiger partial charge in [0.15, 0.2) is 5.69 Å². The van der Waals surface area contributed by atoms with E-state index in [-0.39, 0.29) is 23.6 Å². The van der Waals surface area contributed by atoms with E-state index in [1.165, 1.54) is 12.1 Å². The van der Waals surface area contributed by atoms with Crippen LogP contribution in [0.2, 0.25) is 0 Å². The van der Waals surface area contributed by atoms with Crippen molar-refractivity contribution >= 4 is 12.3 Å². The minimum atomic E-state index is -0.565. The second-order valence-electron chi connectivity index (χ2n) is 6.39. The lowest BCUT2D eigenvalue weighted by atomic mass is 10.0. The molecule has 0 bridgehead atoms. The summed E-state index contributed by atoms with van der Waals surface area (Å²) in [6.45, 7) is 4.12. The van der Waals surface area contributed by atoms with Crippen LogP contribution < -0.4 is 0 Å². The van der Waals surface area contributed by atoms with Crippen molar-refractivity contribution in [3.05, 3.63) is 70.5 Å². The third-order valence-electron chi connectivity index (χ3n) is 4.53. The summed E-state index contributed by atoms with van der Waals surface area (Å²) in [6.07, 6.45) is 0.775. The van der Waals surface area contributed by atoms with E-state index in [1.54, 1.807) is 29.8 Å². The van der Waals surface area contributed by atoms with Crippen LogP contribution in [0.5, 0.6) is 5.75 Å². The monoisotopic (exact) mass is 389 g/mol. The number of nitriles is 1. The van der Waals surface area contributed by atoms with Crippen LogP contribution in [0.15, 0.2) is 42.5 Å². The van der Waals surface area contributed by atoms with Gasteiger partial charge in [-0.25, -0.2) is 4.79 Å². The molecule has 7 nitrogen and oxygen atoms in total. The van der Waals surface area contributed by atoms with E-state index in [9.17, 15) is 14.7 Å². The van der Waals surface area contributed by atoms with E-state index >= 15 is 0 Å². The Bertz CT molecular complexity index is 1110. The standard InChI is InChI=1S/C22H19N3O4/c1-3-29-22(28)21-20(17-8-9-18(11-23)19(27)10-17)14(2)25(24-21)12-15-4-6-16(13-26)7-5-15/h4-10,13,27H,3,12H2,1-2H3. The topological polar surface area (TPSA) is 105 Å². The Morgan fingerprint density at radius 2 is 2.00 bits per heavy atom. The lowest BCUT2D eigenvalue weighted by molar-refractivity contribution is 0.0519. The van der Waals surface area contributed by atoms with Crippen LogP contribution in [0.4, 0.5) is 0 Å². The molecule has 2 aromatic carbocycles. The van der Waals surface area contributed by atoms with E-state index < -0.39 is 5.97 Å². The molecule has 0 radical (unpaired) electrons. The zero-order valence-electron chi connectivity index (χ0n) is 16.0. The Hall–Kier alpha value is -3.92. The number of carbonyl (C=O) groups excluding carboxylic acids is 2. The third-order valence-corrected chi connectivity index (χ3v) is 4.53. The number of hydrogen-bond donors (Lipinski definition) is 1. The number of esters is 1. The molecule has 0 aliphatic heterocycles. The van der Waals surface area contributed by atoms with Crippen LogP contribution in [-0.2, 0) is 11.3 Å². The van der Waals surface area contributed by atoms with Crippen molar-refractivity contribution in [2.45, 2.75) is 20.4 Å². The van der Waals surface area contributed by atoms with Crippen LogP contribution in [-0.4, -0.2) is 33.7 Å². The molecule has 0 amide bonds. The fourth-order valence-electron chi connectivity index (χ4n) is 3.04. The van der Waals surface area contributed by atoms with Crippen molar-refractivity contribution in [1.29, 1.82) is 5.26 Å². The lowest BCUT2D eigenvalue weighted by Gasteiger charge is -2.07. The Labute approximate surface area is 167 Å². The molecule has 7 heteroatoms. The maximum Gasteiger partial charge on any atom is 0.359 e. The van der Waals surface area contributed by atoms with E-state index in [1.807, 2.05) is 25.1 Å². The Balaban J connectivity index is 2.08. The van der Waals surface area contributed by atoms with Gasteiger partial charge in [-0.3, -0.25) is 9.48 Å². The number of benzene rings is 2. The molecule has 0 atom stereocenters. The van der Waals surface area contributed by atoms with E-state index in [2.05, 4.69) is 5.10 Å². The molecule has 0 saturated heterocycles. The molecule has 146 valence electrons. The first-order valence-electron chi connectivity index (χ1n) is 9.00. The van der Waals surface area contributed by atoms with Crippen LogP contribution in [0.3, 0.4) is 0 Å². The molecule has 1 N–H and O–H groups in total. The smallest absolute Gasteiger partial charge is 0.359 e. The van der Waals surface area contributed by atoms with Gasteiger partial charge in [0, 0.05) is 16.8 Å². The predicted octanol–water partition coefficient (Wildman–Crippen LogP) is 3.47. The second kappa shape index (κ2) is 8.40. The zero-order chi connectivity index (χ0) is 21.0. The Morgan fingerprint density at radius 1 is 1.28 bits per heavy atom. The maximum atomic E-state index is 12.5. The third kappa shape index (κ3) is 4.01. The van der Waals surface area contributed by atoms with E-state index in [4.69, 9.17) is 10.00 Å². The zero-order valence-corrected chi connectivity index (χ0v) is 16.0. The molecule has 0 aliphatic carbocycles. The Kier molecular flexibility index (Phi) is 5.74. The van der Waals surface area contributed by atoms with Gasteiger partial charge in [-0.05, 0) is 37.1 Å². The highest BCUT2D eigenvalue weighted by Gasteiger charge is 2.24. The first-order chi connectivity index (χ1) is 14.0. The average molecular weight is 389 g/mol. The first-order valence-corrected chi connectivity index (χ1v) is 9.00. The van der Waals surface area contributed by atoms with E-state index in [0.717, 1.165) is 11.8 Å². The molecule has 0 unspecified atom stereocenters. The molecule has 1 heterocycles. The summed E-state index contributed by atoms with van der Waals surface area (Å²) >= 11 is 0. The lowest BCUT2D eigenvalue weighted by Crippen LogP contribution is -2.09. The summed E-state index contributed by atoms with van der Waals surface area (Å²) in [4.78, 5) is 23.3. The highest BCUT2D eigenvalue weighted by atomic mass is 16.5. The molecule has 1 aromatic heterocycles. The van der Waals surface area contributed by atoms with Crippen molar-refractivity contribution < 1.29 is 19.4 Å². The van der Waals surface area contributed by atoms with Gasteiger partial charge >= 0.3 is 5.97 Å². The van der Waals surface area contributed by atoms with Crippen molar-refractivity contribution in [2.75, 3.05) is 6.61 Å². The quantitative estimate of drug-likeness (QED) is 0.511. The van der Waals surface area contributed by atoms with Crippen LogP contribution in [0, 0.1) is 18.3 Å². The molecule has 3 rings (SSSR count). The largest absolute Gasteiger partial charge is 0.507 e. The predicted molar refractivity (Wildman–Crippen MR) is 106 cm³/mol. The molecular formula is C22H19N3O4. The fourth-order valence-corrected chi connectivity index (χ4v) is 3.04. The summed E-state index contributed by atoms with van der Waals surface area (Å²) in [5, 5.41) is 23.5. The number of carbonyl (C=O) groups is 2. The molecule has 3 aromatic rings. The number of rotatable bonds is 6. The van der Waals surface area contributed by atoms with Gasteiger partial charge in [0.25, 0.3) is 0 Å². The number of nitrogens with zero attached hydrogens (tertiary/aromatic N) is 3. The van der Waals surface area contributed by atoms with Gasteiger partial charge in [-0.2, -0.15) is 10.4 Å². The van der Waals surface area contributed by atoms with Gasteiger partial charge in [0.1, 0.15) is 18.1 Å². The molecule has 0 saturated carbocycles. The Morgan fingerprint density at radius 3 is 2.59 bits per heavy atom. The summed E-state index contributed by atoms with van der Waals surface area (Å²) in [7, 11) is 0. The molecular weight excluding hydrogens is 370 g/mol. The normalized spacial score (nSPS) is 10.4. The average Bonchev–Trinajstić information content (AvgIpc) is 3.05. The summed E-state index contributed by atoms with van der Waals surface area (Å²) in [6, 6.07) is 13.6. The summed E-state index contributed by atoms with van der Waals surface area (Å²) < 4.78 is 6.82. The number of aromatic nitrogens is 2. The van der Waals surface area contributed by atoms with Gasteiger partial charge in [-0.15, -0.1) is 0 Å². The number of phenols is 1. The number of ether oxygens (including phenoxy) is 1. The maximum absolute atomic E-state index is 12.5. The second-order valence-corrected chi connectivity index (χ2v) is 6.39. The van der Waals surface area contributed by atoms with Crippen LogP contribution >= 0.6 is 0 Å². The molecule has 0 fully saturated rings. The van der Waals surface area contributed by atoms with Gasteiger partial charge in [-0.1, -0.05) is 30.3 Å². The van der Waals surface area contributed by atoms with Gasteiger partial charge in [0.05, 0.1) is 18.7 Å². The highest BCUT2D eigenvalue weighted by Crippen LogP contribution is 2.32. The highest BCUT2D eigenvalue weighted by molar-refractivity contribution is 5.96. The van der Waals surface area contributed by atoms with Crippen molar-refractivity contribution in [1.82, 2.24) is 9.78 Å². The molecule has 0 spiro atoms. The van der Waals surface area contributed by atoms with Crippen molar-refractivity contribution in [3.8, 4) is 22.9 Å². The van der Waals surface area contributed by atoms with Crippen LogP contribution in [0.25, 0.3) is 11.1 Å². The van der Waals surface area contributed by atoms with Crippen LogP contribution in [0.1, 0.15) is 44.6 Å². The molecule has 0 aliphatic rings. The number of aldehydes is 1. The minimum absolute atomic E-state index is 0.137. The molecule has 29 heavy (non-hydrogen) atoms. The van der Waals surface area contributed by atoms with Gasteiger partial charge in [0.2, 0.25) is 0 Å².